The van der Waals surface area contributed by atoms with E-state index in [1.807, 2.05) is 13.8 Å². The van der Waals surface area contributed by atoms with Crippen LogP contribution in [0.4, 0.5) is 0 Å². The number of aliphatic hydroxyl groups excluding tert-OH is 1. The lowest BCUT2D eigenvalue weighted by molar-refractivity contribution is -0.0914. The molecule has 0 aromatic heterocycles. The first-order valence-electron chi connectivity index (χ1n) is 8.28. The lowest BCUT2D eigenvalue weighted by Gasteiger charge is -2.33. The van der Waals surface area contributed by atoms with Crippen LogP contribution in [0.2, 0.25) is 0 Å². The summed E-state index contributed by atoms with van der Waals surface area (Å²) in [5, 5.41) is 10.6. The van der Waals surface area contributed by atoms with Gasteiger partial charge in [0.2, 0.25) is 0 Å². The van der Waals surface area contributed by atoms with Gasteiger partial charge in [0.25, 0.3) is 0 Å². The molecule has 0 amide bonds. The Bertz CT molecular complexity index is 297. The van der Waals surface area contributed by atoms with Crippen LogP contribution in [0, 0.1) is 11.8 Å². The van der Waals surface area contributed by atoms with Gasteiger partial charge in [-0.15, -0.1) is 0 Å². The lowest BCUT2D eigenvalue weighted by Crippen LogP contribution is -2.44. The largest absolute Gasteiger partial charge is 0.390 e. The molecule has 2 atom stereocenters. The van der Waals surface area contributed by atoms with Gasteiger partial charge in [-0.2, -0.15) is 0 Å². The van der Waals surface area contributed by atoms with E-state index in [-0.39, 0.29) is 11.5 Å². The van der Waals surface area contributed by atoms with Crippen molar-refractivity contribution in [3.63, 3.8) is 0 Å². The van der Waals surface area contributed by atoms with Gasteiger partial charge in [0.15, 0.2) is 0 Å². The zero-order valence-electron chi connectivity index (χ0n) is 14.6. The van der Waals surface area contributed by atoms with Crippen molar-refractivity contribution in [1.29, 1.82) is 0 Å². The first-order chi connectivity index (χ1) is 9.17. The smallest absolute Gasteiger partial charge is 0.0896 e. The molecule has 0 bridgehead atoms. The van der Waals surface area contributed by atoms with Crippen molar-refractivity contribution in [3.05, 3.63) is 0 Å². The fraction of sp³-hybridized carbons (Fsp3) is 1.00. The summed E-state index contributed by atoms with van der Waals surface area (Å²) in [6, 6.07) is 0. The molecule has 0 spiro atoms. The molecular formula is C17H35NO2. The van der Waals surface area contributed by atoms with E-state index in [2.05, 4.69) is 39.5 Å². The predicted molar refractivity (Wildman–Crippen MR) is 84.9 cm³/mol. The van der Waals surface area contributed by atoms with Crippen molar-refractivity contribution in [1.82, 2.24) is 4.90 Å². The summed E-state index contributed by atoms with van der Waals surface area (Å²) in [5.74, 6) is 0.928. The maximum atomic E-state index is 10.6. The Hall–Kier alpha value is -0.120. The topological polar surface area (TPSA) is 32.7 Å². The minimum absolute atomic E-state index is 0.173. The van der Waals surface area contributed by atoms with Gasteiger partial charge in [-0.3, -0.25) is 0 Å². The second kappa shape index (κ2) is 6.76. The quantitative estimate of drug-likeness (QED) is 0.779. The Balaban J connectivity index is 2.73. The van der Waals surface area contributed by atoms with Crippen LogP contribution < -0.4 is 0 Å². The van der Waals surface area contributed by atoms with Crippen LogP contribution >= 0.6 is 0 Å². The van der Waals surface area contributed by atoms with Crippen molar-refractivity contribution >= 4 is 0 Å². The second-order valence-electron chi connectivity index (χ2n) is 7.40. The summed E-state index contributed by atoms with van der Waals surface area (Å²) < 4.78 is 6.09. The van der Waals surface area contributed by atoms with Crippen LogP contribution in [-0.2, 0) is 4.74 Å². The maximum Gasteiger partial charge on any atom is 0.0896 e. The normalized spacial score (nSPS) is 28.5. The number of ether oxygens (including phenoxy) is 1. The van der Waals surface area contributed by atoms with E-state index >= 15 is 0 Å². The third-order valence-corrected chi connectivity index (χ3v) is 5.09. The molecule has 3 heteroatoms. The van der Waals surface area contributed by atoms with Crippen LogP contribution in [0.15, 0.2) is 0 Å². The van der Waals surface area contributed by atoms with Crippen molar-refractivity contribution in [2.45, 2.75) is 78.6 Å². The van der Waals surface area contributed by atoms with Crippen molar-refractivity contribution in [2.24, 2.45) is 11.8 Å². The highest BCUT2D eigenvalue weighted by atomic mass is 16.5. The first kappa shape index (κ1) is 17.9. The summed E-state index contributed by atoms with van der Waals surface area (Å²) in [7, 11) is 0. The Labute approximate surface area is 125 Å². The molecule has 1 fully saturated rings. The van der Waals surface area contributed by atoms with Crippen molar-refractivity contribution in [3.8, 4) is 0 Å². The van der Waals surface area contributed by atoms with E-state index in [4.69, 9.17) is 4.74 Å². The zero-order valence-corrected chi connectivity index (χ0v) is 14.6. The third kappa shape index (κ3) is 3.96. The molecule has 1 heterocycles. The molecule has 1 N–H and O–H groups in total. The monoisotopic (exact) mass is 285 g/mol. The second-order valence-corrected chi connectivity index (χ2v) is 7.40. The van der Waals surface area contributed by atoms with E-state index < -0.39 is 11.7 Å². The van der Waals surface area contributed by atoms with Gasteiger partial charge in [0.05, 0.1) is 17.3 Å². The van der Waals surface area contributed by atoms with E-state index in [0.29, 0.717) is 0 Å². The molecular weight excluding hydrogens is 250 g/mol. The summed E-state index contributed by atoms with van der Waals surface area (Å²) >= 11 is 0. The minimum Gasteiger partial charge on any atom is -0.390 e. The Morgan fingerprint density at radius 3 is 1.95 bits per heavy atom. The number of rotatable bonds is 7. The molecule has 0 radical (unpaired) electrons. The Morgan fingerprint density at radius 2 is 1.60 bits per heavy atom. The van der Waals surface area contributed by atoms with Gasteiger partial charge in [-0.25, -0.2) is 0 Å². The van der Waals surface area contributed by atoms with E-state index in [1.165, 1.54) is 12.8 Å². The van der Waals surface area contributed by atoms with Gasteiger partial charge in [0.1, 0.15) is 0 Å². The summed E-state index contributed by atoms with van der Waals surface area (Å²) in [6.07, 6.45) is 2.06. The Morgan fingerprint density at radius 1 is 1.05 bits per heavy atom. The van der Waals surface area contributed by atoms with Gasteiger partial charge < -0.3 is 14.7 Å². The molecule has 3 nitrogen and oxygen atoms in total. The maximum absolute atomic E-state index is 10.6. The molecule has 2 unspecified atom stereocenters. The Kier molecular flexibility index (Phi) is 6.06. The first-order valence-corrected chi connectivity index (χ1v) is 8.28. The molecule has 120 valence electrons. The lowest BCUT2D eigenvalue weighted by atomic mass is 9.84. The van der Waals surface area contributed by atoms with Gasteiger partial charge in [-0.1, -0.05) is 33.6 Å². The summed E-state index contributed by atoms with van der Waals surface area (Å²) in [5.41, 5.74) is -0.702. The van der Waals surface area contributed by atoms with Crippen LogP contribution in [0.5, 0.6) is 0 Å². The predicted octanol–water partition coefficient (Wildman–Crippen LogP) is 3.31. The van der Waals surface area contributed by atoms with Gasteiger partial charge in [-0.05, 0) is 40.2 Å². The zero-order chi connectivity index (χ0) is 15.6. The molecule has 0 aliphatic carbocycles. The molecule has 0 aromatic carbocycles. The standard InChI is InChI=1S/C17H35NO2/c1-8-13(9-2)11-18(10-3)12-14-15(19)17(6,7)20-16(14,4)5/h13-15,19H,8-12H2,1-7H3. The number of aliphatic hydroxyl groups is 1. The molecule has 0 saturated carbocycles. The van der Waals surface area contributed by atoms with E-state index in [9.17, 15) is 5.11 Å². The number of hydrogen-bond acceptors (Lipinski definition) is 3. The average Bonchev–Trinajstić information content (AvgIpc) is 2.51. The van der Waals surface area contributed by atoms with E-state index in [1.54, 1.807) is 0 Å². The van der Waals surface area contributed by atoms with Gasteiger partial charge >= 0.3 is 0 Å². The fourth-order valence-corrected chi connectivity index (χ4v) is 3.52. The molecule has 1 rings (SSSR count). The SMILES string of the molecule is CCC(CC)CN(CC)CC1C(O)C(C)(C)OC1(C)C. The molecule has 1 aliphatic heterocycles. The van der Waals surface area contributed by atoms with E-state index in [0.717, 1.165) is 25.6 Å². The summed E-state index contributed by atoms with van der Waals surface area (Å²) in [4.78, 5) is 2.48. The highest BCUT2D eigenvalue weighted by Crippen LogP contribution is 2.42. The van der Waals surface area contributed by atoms with Gasteiger partial charge in [0, 0.05) is 19.0 Å². The number of hydrogen-bond donors (Lipinski definition) is 1. The third-order valence-electron chi connectivity index (χ3n) is 5.09. The highest BCUT2D eigenvalue weighted by molar-refractivity contribution is 5.02. The average molecular weight is 285 g/mol. The van der Waals surface area contributed by atoms with Crippen LogP contribution in [0.1, 0.15) is 61.3 Å². The van der Waals surface area contributed by atoms with Crippen LogP contribution in [0.25, 0.3) is 0 Å². The molecule has 1 saturated heterocycles. The fourth-order valence-electron chi connectivity index (χ4n) is 3.52. The van der Waals surface area contributed by atoms with Crippen molar-refractivity contribution in [2.75, 3.05) is 19.6 Å². The molecule has 1 aliphatic rings. The highest BCUT2D eigenvalue weighted by Gasteiger charge is 2.53. The number of nitrogens with zero attached hydrogens (tertiary/aromatic N) is 1. The minimum atomic E-state index is -0.442. The van der Waals surface area contributed by atoms with Crippen LogP contribution in [0.3, 0.4) is 0 Å². The summed E-state index contributed by atoms with van der Waals surface area (Å²) in [6.45, 7) is 18.0. The molecule has 20 heavy (non-hydrogen) atoms. The van der Waals surface area contributed by atoms with Crippen molar-refractivity contribution < 1.29 is 9.84 Å². The van der Waals surface area contributed by atoms with Crippen LogP contribution in [-0.4, -0.2) is 46.9 Å². The molecule has 0 aromatic rings.